The van der Waals surface area contributed by atoms with Crippen LogP contribution in [0.2, 0.25) is 5.02 Å². The Morgan fingerprint density at radius 2 is 2.07 bits per heavy atom. The van der Waals surface area contributed by atoms with Crippen molar-refractivity contribution in [2.75, 3.05) is 0 Å². The van der Waals surface area contributed by atoms with Gasteiger partial charge in [-0.25, -0.2) is 4.39 Å². The molecule has 0 radical (unpaired) electrons. The van der Waals surface area contributed by atoms with Crippen molar-refractivity contribution in [1.29, 1.82) is 0 Å². The molecule has 1 aromatic carbocycles. The van der Waals surface area contributed by atoms with Crippen LogP contribution in [0.3, 0.4) is 0 Å². The van der Waals surface area contributed by atoms with Crippen molar-refractivity contribution in [2.45, 2.75) is 18.3 Å². The Balaban J connectivity index is 2.62. The number of phenolic OH excluding ortho intramolecular Hbond substituents is 1. The molecule has 0 amide bonds. The quantitative estimate of drug-likeness (QED) is 0.820. The van der Waals surface area contributed by atoms with Gasteiger partial charge in [-0.15, -0.1) is 0 Å². The standard InChI is InChI=1S/C10H8ClFO3/c11-5-1-2-6(13)7(8(5)12)10(3-4-10)9(14)15/h1-2,13H,3-4H2,(H,14,15). The van der Waals surface area contributed by atoms with Gasteiger partial charge in [-0.05, 0) is 25.0 Å². The highest BCUT2D eigenvalue weighted by atomic mass is 35.5. The SMILES string of the molecule is O=C(O)C1(c2c(O)ccc(Cl)c2F)CC1. The van der Waals surface area contributed by atoms with Gasteiger partial charge in [0.1, 0.15) is 11.6 Å². The molecule has 15 heavy (non-hydrogen) atoms. The number of carbonyl (C=O) groups is 1. The van der Waals surface area contributed by atoms with Crippen LogP contribution >= 0.6 is 11.6 Å². The van der Waals surface area contributed by atoms with Gasteiger partial charge >= 0.3 is 5.97 Å². The first-order valence-corrected chi connectivity index (χ1v) is 4.78. The number of halogens is 2. The molecule has 1 saturated carbocycles. The first-order chi connectivity index (χ1) is 6.99. The van der Waals surface area contributed by atoms with Crippen LogP contribution in [0.4, 0.5) is 4.39 Å². The van der Waals surface area contributed by atoms with Gasteiger partial charge < -0.3 is 10.2 Å². The fourth-order valence-corrected chi connectivity index (χ4v) is 1.85. The summed E-state index contributed by atoms with van der Waals surface area (Å²) in [5, 5.41) is 18.3. The van der Waals surface area contributed by atoms with Gasteiger partial charge in [0, 0.05) is 5.56 Å². The molecule has 1 fully saturated rings. The zero-order valence-corrected chi connectivity index (χ0v) is 8.38. The Morgan fingerprint density at radius 3 is 2.53 bits per heavy atom. The van der Waals surface area contributed by atoms with Crippen LogP contribution in [-0.4, -0.2) is 16.2 Å². The average molecular weight is 231 g/mol. The van der Waals surface area contributed by atoms with Gasteiger partial charge in [-0.1, -0.05) is 11.6 Å². The Labute approximate surface area is 90.1 Å². The van der Waals surface area contributed by atoms with E-state index in [2.05, 4.69) is 0 Å². The molecular formula is C10H8ClFO3. The van der Waals surface area contributed by atoms with E-state index in [9.17, 15) is 14.3 Å². The number of aromatic hydroxyl groups is 1. The van der Waals surface area contributed by atoms with Crippen LogP contribution in [0, 0.1) is 5.82 Å². The zero-order chi connectivity index (χ0) is 11.2. The van der Waals surface area contributed by atoms with E-state index in [1.165, 1.54) is 12.1 Å². The molecule has 2 N–H and O–H groups in total. The molecular weight excluding hydrogens is 223 g/mol. The van der Waals surface area contributed by atoms with E-state index in [4.69, 9.17) is 16.7 Å². The van der Waals surface area contributed by atoms with Gasteiger partial charge in [0.2, 0.25) is 0 Å². The molecule has 0 aromatic heterocycles. The third-order valence-electron chi connectivity index (χ3n) is 2.71. The summed E-state index contributed by atoms with van der Waals surface area (Å²) < 4.78 is 13.6. The lowest BCUT2D eigenvalue weighted by atomic mass is 9.94. The third-order valence-corrected chi connectivity index (χ3v) is 3.00. The smallest absolute Gasteiger partial charge is 0.314 e. The van der Waals surface area contributed by atoms with Crippen LogP contribution in [0.1, 0.15) is 18.4 Å². The fraction of sp³-hybridized carbons (Fsp3) is 0.300. The average Bonchev–Trinajstić information content (AvgIpc) is 2.93. The lowest BCUT2D eigenvalue weighted by Gasteiger charge is -2.13. The van der Waals surface area contributed by atoms with Crippen molar-refractivity contribution in [3.63, 3.8) is 0 Å². The predicted octanol–water partition coefficient (Wildman–Crippen LogP) is 2.30. The van der Waals surface area contributed by atoms with Gasteiger partial charge in [0.25, 0.3) is 0 Å². The van der Waals surface area contributed by atoms with E-state index in [0.717, 1.165) is 0 Å². The molecule has 0 unspecified atom stereocenters. The van der Waals surface area contributed by atoms with Crippen LogP contribution < -0.4 is 0 Å². The third kappa shape index (κ3) is 1.36. The van der Waals surface area contributed by atoms with Gasteiger partial charge in [0.15, 0.2) is 0 Å². The minimum Gasteiger partial charge on any atom is -0.508 e. The number of benzene rings is 1. The van der Waals surface area contributed by atoms with E-state index >= 15 is 0 Å². The van der Waals surface area contributed by atoms with E-state index in [1.807, 2.05) is 0 Å². The van der Waals surface area contributed by atoms with E-state index in [0.29, 0.717) is 12.8 Å². The second kappa shape index (κ2) is 3.10. The maximum atomic E-state index is 13.6. The molecule has 80 valence electrons. The number of phenols is 1. The van der Waals surface area contributed by atoms with E-state index < -0.39 is 17.2 Å². The minimum atomic E-state index is -1.28. The van der Waals surface area contributed by atoms with Crippen LogP contribution in [0.25, 0.3) is 0 Å². The molecule has 2 rings (SSSR count). The topological polar surface area (TPSA) is 57.5 Å². The number of hydrogen-bond donors (Lipinski definition) is 2. The zero-order valence-electron chi connectivity index (χ0n) is 7.63. The number of rotatable bonds is 2. The van der Waals surface area contributed by atoms with Crippen molar-refractivity contribution in [1.82, 2.24) is 0 Å². The summed E-state index contributed by atoms with van der Waals surface area (Å²) in [7, 11) is 0. The minimum absolute atomic E-state index is 0.171. The molecule has 0 aliphatic heterocycles. The van der Waals surface area contributed by atoms with E-state index in [1.54, 1.807) is 0 Å². The highest BCUT2D eigenvalue weighted by Crippen LogP contribution is 2.53. The Hall–Kier alpha value is -1.29. The molecule has 5 heteroatoms. The van der Waals surface area contributed by atoms with Crippen LogP contribution in [-0.2, 0) is 10.2 Å². The predicted molar refractivity (Wildman–Crippen MR) is 51.6 cm³/mol. The molecule has 0 heterocycles. The fourth-order valence-electron chi connectivity index (χ4n) is 1.69. The molecule has 3 nitrogen and oxygen atoms in total. The molecule has 1 aliphatic carbocycles. The van der Waals surface area contributed by atoms with E-state index in [-0.39, 0.29) is 16.3 Å². The monoisotopic (exact) mass is 230 g/mol. The van der Waals surface area contributed by atoms with Crippen molar-refractivity contribution in [3.8, 4) is 5.75 Å². The van der Waals surface area contributed by atoms with Gasteiger partial charge in [-0.2, -0.15) is 0 Å². The second-order valence-corrected chi connectivity index (χ2v) is 4.05. The normalized spacial score (nSPS) is 17.5. The van der Waals surface area contributed by atoms with Crippen molar-refractivity contribution in [3.05, 3.63) is 28.5 Å². The molecule has 0 atom stereocenters. The molecule has 0 bridgehead atoms. The number of carboxylic acids is 1. The maximum absolute atomic E-state index is 13.6. The van der Waals surface area contributed by atoms with Crippen molar-refractivity contribution < 1.29 is 19.4 Å². The van der Waals surface area contributed by atoms with Crippen LogP contribution in [0.5, 0.6) is 5.75 Å². The molecule has 0 spiro atoms. The lowest BCUT2D eigenvalue weighted by molar-refractivity contribution is -0.140. The number of hydrogen-bond acceptors (Lipinski definition) is 2. The summed E-state index contributed by atoms with van der Waals surface area (Å²) in [5.74, 6) is -2.31. The number of aliphatic carboxylic acids is 1. The largest absolute Gasteiger partial charge is 0.508 e. The highest BCUT2D eigenvalue weighted by molar-refractivity contribution is 6.30. The summed E-state index contributed by atoms with van der Waals surface area (Å²) in [6, 6.07) is 2.41. The lowest BCUT2D eigenvalue weighted by Crippen LogP contribution is -2.21. The van der Waals surface area contributed by atoms with Crippen molar-refractivity contribution in [2.24, 2.45) is 0 Å². The molecule has 0 saturated heterocycles. The first-order valence-electron chi connectivity index (χ1n) is 4.40. The van der Waals surface area contributed by atoms with Gasteiger partial charge in [-0.3, -0.25) is 4.79 Å². The second-order valence-electron chi connectivity index (χ2n) is 3.64. The summed E-state index contributed by atoms with van der Waals surface area (Å²) in [6.07, 6.45) is 0.653. The Kier molecular flexibility index (Phi) is 2.12. The Morgan fingerprint density at radius 1 is 1.47 bits per heavy atom. The summed E-state index contributed by atoms with van der Waals surface area (Å²) in [6.45, 7) is 0. The molecule has 1 aliphatic rings. The maximum Gasteiger partial charge on any atom is 0.314 e. The van der Waals surface area contributed by atoms with Crippen LogP contribution in [0.15, 0.2) is 12.1 Å². The Bertz CT molecular complexity index is 441. The summed E-state index contributed by atoms with van der Waals surface area (Å²) in [4.78, 5) is 11.0. The van der Waals surface area contributed by atoms with Gasteiger partial charge in [0.05, 0.1) is 10.4 Å². The summed E-state index contributed by atoms with van der Waals surface area (Å²) in [5.41, 5.74) is -1.47. The molecule has 1 aromatic rings. The number of carboxylic acid groups (broad SMARTS) is 1. The van der Waals surface area contributed by atoms with Crippen molar-refractivity contribution >= 4 is 17.6 Å². The first kappa shape index (κ1) is 10.2. The highest BCUT2D eigenvalue weighted by Gasteiger charge is 2.55. The summed E-state index contributed by atoms with van der Waals surface area (Å²) >= 11 is 5.55.